The van der Waals surface area contributed by atoms with Gasteiger partial charge in [0, 0.05) is 50.3 Å². The summed E-state index contributed by atoms with van der Waals surface area (Å²) in [6.07, 6.45) is 7.30. The summed E-state index contributed by atoms with van der Waals surface area (Å²) in [5.41, 5.74) is 1.99. The van der Waals surface area contributed by atoms with Crippen molar-refractivity contribution in [2.24, 2.45) is 0 Å². The normalized spacial score (nSPS) is 17.3. The van der Waals surface area contributed by atoms with Crippen molar-refractivity contribution >= 4 is 5.91 Å². The highest BCUT2D eigenvalue weighted by Gasteiger charge is 2.27. The third kappa shape index (κ3) is 5.33. The van der Waals surface area contributed by atoms with E-state index in [1.807, 2.05) is 30.3 Å². The van der Waals surface area contributed by atoms with Gasteiger partial charge in [0.25, 0.3) is 0 Å². The van der Waals surface area contributed by atoms with Gasteiger partial charge >= 0.3 is 0 Å². The van der Waals surface area contributed by atoms with Gasteiger partial charge in [-0.3, -0.25) is 9.48 Å². The lowest BCUT2D eigenvalue weighted by Crippen LogP contribution is -2.41. The van der Waals surface area contributed by atoms with Crippen molar-refractivity contribution in [1.82, 2.24) is 24.6 Å². The molecule has 1 atom stereocenters. The van der Waals surface area contributed by atoms with Crippen molar-refractivity contribution in [2.45, 2.75) is 38.8 Å². The van der Waals surface area contributed by atoms with Crippen molar-refractivity contribution in [3.8, 4) is 0 Å². The number of methoxy groups -OCH3 is 1. The second kappa shape index (κ2) is 9.57. The molecule has 27 heavy (non-hydrogen) atoms. The number of likely N-dealkylation sites (tertiary alicyclic amines) is 1. The van der Waals surface area contributed by atoms with Crippen molar-refractivity contribution in [3.05, 3.63) is 41.7 Å². The van der Waals surface area contributed by atoms with E-state index in [9.17, 15) is 4.79 Å². The first-order valence-electron chi connectivity index (χ1n) is 9.31. The lowest BCUT2D eigenvalue weighted by Gasteiger charge is -2.33. The number of carbonyl (C=O) groups excluding carboxylic acids is 1. The third-order valence-electron chi connectivity index (χ3n) is 4.73. The van der Waals surface area contributed by atoms with E-state index in [-0.39, 0.29) is 18.4 Å². The monoisotopic (exact) mass is 373 g/mol. The van der Waals surface area contributed by atoms with Crippen LogP contribution in [-0.4, -0.2) is 64.0 Å². The summed E-state index contributed by atoms with van der Waals surface area (Å²) in [5.74, 6) is 1.03. The molecule has 0 aliphatic carbocycles. The highest BCUT2D eigenvalue weighted by molar-refractivity contribution is 5.76. The van der Waals surface area contributed by atoms with Crippen LogP contribution in [0.1, 0.15) is 35.8 Å². The standard InChI is InChI=1S/C19H27N5O3/c1-15-20-11-17(14-27-10-9-26-2)19(22-15)16-5-3-7-23(12-16)18(25)13-24-8-4-6-21-24/h4,6,8,11,16H,3,5,7,9-10,12-14H2,1-2H3. The van der Waals surface area contributed by atoms with Crippen molar-refractivity contribution in [2.75, 3.05) is 33.4 Å². The Bertz CT molecular complexity index is 735. The lowest BCUT2D eigenvalue weighted by atomic mass is 9.92. The predicted octanol–water partition coefficient (Wildman–Crippen LogP) is 1.55. The van der Waals surface area contributed by atoms with E-state index in [1.165, 1.54) is 0 Å². The highest BCUT2D eigenvalue weighted by Crippen LogP contribution is 2.28. The van der Waals surface area contributed by atoms with Gasteiger partial charge in [-0.25, -0.2) is 9.97 Å². The number of aromatic nitrogens is 4. The van der Waals surface area contributed by atoms with Gasteiger partial charge in [-0.05, 0) is 25.8 Å². The molecule has 2 aromatic heterocycles. The first-order chi connectivity index (χ1) is 13.2. The fraction of sp³-hybridized carbons (Fsp3) is 0.579. The number of aryl methyl sites for hydroxylation is 1. The van der Waals surface area contributed by atoms with E-state index in [0.29, 0.717) is 26.4 Å². The number of carbonyl (C=O) groups is 1. The van der Waals surface area contributed by atoms with E-state index in [1.54, 1.807) is 18.0 Å². The molecule has 0 radical (unpaired) electrons. The van der Waals surface area contributed by atoms with Crippen LogP contribution in [0.3, 0.4) is 0 Å². The summed E-state index contributed by atoms with van der Waals surface area (Å²) in [7, 11) is 1.65. The second-order valence-corrected chi connectivity index (χ2v) is 6.76. The minimum atomic E-state index is 0.0899. The van der Waals surface area contributed by atoms with Crippen LogP contribution in [-0.2, 0) is 27.4 Å². The summed E-state index contributed by atoms with van der Waals surface area (Å²) in [5, 5.41) is 4.12. The zero-order valence-corrected chi connectivity index (χ0v) is 16.0. The summed E-state index contributed by atoms with van der Waals surface area (Å²) >= 11 is 0. The molecule has 0 saturated carbocycles. The Labute approximate surface area is 159 Å². The fourth-order valence-corrected chi connectivity index (χ4v) is 3.36. The molecule has 1 fully saturated rings. The van der Waals surface area contributed by atoms with Gasteiger partial charge in [-0.1, -0.05) is 0 Å². The maximum atomic E-state index is 12.6. The lowest BCUT2D eigenvalue weighted by molar-refractivity contribution is -0.133. The average molecular weight is 373 g/mol. The van der Waals surface area contributed by atoms with E-state index in [4.69, 9.17) is 9.47 Å². The van der Waals surface area contributed by atoms with Crippen LogP contribution >= 0.6 is 0 Å². The summed E-state index contributed by atoms with van der Waals surface area (Å²) in [4.78, 5) is 23.6. The van der Waals surface area contributed by atoms with Crippen LogP contribution in [0.25, 0.3) is 0 Å². The minimum Gasteiger partial charge on any atom is -0.382 e. The predicted molar refractivity (Wildman–Crippen MR) is 99.1 cm³/mol. The molecular formula is C19H27N5O3. The summed E-state index contributed by atoms with van der Waals surface area (Å²) < 4.78 is 12.4. The van der Waals surface area contributed by atoms with Gasteiger partial charge in [0.05, 0.1) is 25.5 Å². The van der Waals surface area contributed by atoms with E-state index >= 15 is 0 Å². The molecule has 3 heterocycles. The maximum Gasteiger partial charge on any atom is 0.244 e. The molecule has 1 amide bonds. The topological polar surface area (TPSA) is 82.4 Å². The van der Waals surface area contributed by atoms with Gasteiger partial charge in [0.2, 0.25) is 5.91 Å². The largest absolute Gasteiger partial charge is 0.382 e. The average Bonchev–Trinajstić information content (AvgIpc) is 3.19. The molecule has 0 bridgehead atoms. The van der Waals surface area contributed by atoms with Crippen molar-refractivity contribution in [1.29, 1.82) is 0 Å². The molecule has 3 rings (SSSR count). The van der Waals surface area contributed by atoms with E-state index in [0.717, 1.165) is 36.5 Å². The van der Waals surface area contributed by atoms with Gasteiger partial charge in [0.1, 0.15) is 12.4 Å². The molecule has 1 saturated heterocycles. The van der Waals surface area contributed by atoms with E-state index in [2.05, 4.69) is 15.1 Å². The number of nitrogens with zero attached hydrogens (tertiary/aromatic N) is 5. The third-order valence-corrected chi connectivity index (χ3v) is 4.73. The molecular weight excluding hydrogens is 346 g/mol. The Morgan fingerprint density at radius 3 is 3.04 bits per heavy atom. The molecule has 2 aromatic rings. The maximum absolute atomic E-state index is 12.6. The summed E-state index contributed by atoms with van der Waals surface area (Å²) in [6, 6.07) is 1.83. The number of piperidine rings is 1. The molecule has 146 valence electrons. The number of hydrogen-bond acceptors (Lipinski definition) is 6. The van der Waals surface area contributed by atoms with Crippen molar-refractivity contribution in [3.63, 3.8) is 0 Å². The molecule has 1 unspecified atom stereocenters. The van der Waals surface area contributed by atoms with Crippen LogP contribution in [0, 0.1) is 6.92 Å². The Balaban J connectivity index is 1.67. The van der Waals surface area contributed by atoms with Crippen LogP contribution in [0.4, 0.5) is 0 Å². The van der Waals surface area contributed by atoms with Crippen LogP contribution in [0.5, 0.6) is 0 Å². The Morgan fingerprint density at radius 1 is 1.37 bits per heavy atom. The van der Waals surface area contributed by atoms with Gasteiger partial charge < -0.3 is 14.4 Å². The molecule has 1 aliphatic rings. The second-order valence-electron chi connectivity index (χ2n) is 6.76. The zero-order chi connectivity index (χ0) is 19.1. The zero-order valence-electron chi connectivity index (χ0n) is 16.0. The number of ether oxygens (including phenoxy) is 2. The molecule has 0 aromatic carbocycles. The SMILES string of the molecule is COCCOCc1cnc(C)nc1C1CCCN(C(=O)Cn2cccn2)C1. The fourth-order valence-electron chi connectivity index (χ4n) is 3.36. The highest BCUT2D eigenvalue weighted by atomic mass is 16.5. The smallest absolute Gasteiger partial charge is 0.244 e. The van der Waals surface area contributed by atoms with Crippen LogP contribution in [0.2, 0.25) is 0 Å². The molecule has 0 spiro atoms. The van der Waals surface area contributed by atoms with Gasteiger partial charge in [-0.15, -0.1) is 0 Å². The Hall–Kier alpha value is -2.32. The van der Waals surface area contributed by atoms with Gasteiger partial charge in [-0.2, -0.15) is 5.10 Å². The Kier molecular flexibility index (Phi) is 6.89. The van der Waals surface area contributed by atoms with Crippen molar-refractivity contribution < 1.29 is 14.3 Å². The minimum absolute atomic E-state index is 0.0899. The van der Waals surface area contributed by atoms with Crippen LogP contribution in [0.15, 0.2) is 24.7 Å². The summed E-state index contributed by atoms with van der Waals surface area (Å²) in [6.45, 7) is 5.15. The first-order valence-corrected chi connectivity index (χ1v) is 9.31. The molecule has 8 nitrogen and oxygen atoms in total. The number of rotatable bonds is 8. The quantitative estimate of drug-likeness (QED) is 0.653. The van der Waals surface area contributed by atoms with Gasteiger partial charge in [0.15, 0.2) is 0 Å². The Morgan fingerprint density at radius 2 is 2.26 bits per heavy atom. The first kappa shape index (κ1) is 19.4. The number of amides is 1. The molecule has 0 N–H and O–H groups in total. The van der Waals surface area contributed by atoms with Crippen LogP contribution < -0.4 is 0 Å². The van der Waals surface area contributed by atoms with E-state index < -0.39 is 0 Å². The molecule has 1 aliphatic heterocycles. The number of hydrogen-bond donors (Lipinski definition) is 0. The molecule has 8 heteroatoms.